The Hall–Kier alpha value is -4.22. The minimum Gasteiger partial charge on any atom is -0.494 e. The van der Waals surface area contributed by atoms with Gasteiger partial charge in [0.2, 0.25) is 0 Å². The number of imidazole rings is 1. The van der Waals surface area contributed by atoms with E-state index in [0.29, 0.717) is 40.1 Å². The van der Waals surface area contributed by atoms with Crippen LogP contribution in [0.2, 0.25) is 0 Å². The van der Waals surface area contributed by atoms with Gasteiger partial charge in [-0.15, -0.1) is 0 Å². The Morgan fingerprint density at radius 2 is 1.80 bits per heavy atom. The van der Waals surface area contributed by atoms with Crippen molar-refractivity contribution in [3.8, 4) is 28.5 Å². The molecule has 46 heavy (non-hydrogen) atoms. The van der Waals surface area contributed by atoms with E-state index in [1.54, 1.807) is 26.2 Å². The number of carbonyl (C=O) groups is 1. The third-order valence-electron chi connectivity index (χ3n) is 10.3. The number of ether oxygens (including phenoxy) is 1. The van der Waals surface area contributed by atoms with Crippen LogP contribution < -0.4 is 10.5 Å². The molecule has 10 nitrogen and oxygen atoms in total. The number of rotatable bonds is 8. The molecule has 2 N–H and O–H groups in total. The standard InChI is InChI=1S/C35H38N6O4S/c1-4-46(43,44)25-11-7-21(8-12-25)26-13-9-22-16-29(40(33(22)37-26)18-20-5-6-20)34-38-27-15-24(17-30(45-3)32(27)39(34)2)35(42)41-19-23-10-14-28(41)31(23)36/h7-9,11-13,15-17,20,23,28,31H,4-6,10,14,18-19,36H2,1-3H3. The maximum Gasteiger partial charge on any atom is 0.254 e. The molecule has 1 amide bonds. The van der Waals surface area contributed by atoms with Crippen molar-refractivity contribution in [2.24, 2.45) is 24.6 Å². The summed E-state index contributed by atoms with van der Waals surface area (Å²) in [6, 6.07) is 17.0. The first-order valence-electron chi connectivity index (χ1n) is 16.1. The predicted octanol–water partition coefficient (Wildman–Crippen LogP) is 5.03. The molecule has 2 aliphatic carbocycles. The summed E-state index contributed by atoms with van der Waals surface area (Å²) in [6.45, 7) is 3.18. The second-order valence-electron chi connectivity index (χ2n) is 13.1. The Labute approximate surface area is 268 Å². The maximum atomic E-state index is 13.7. The van der Waals surface area contributed by atoms with Crippen molar-refractivity contribution in [2.75, 3.05) is 19.4 Å². The number of sulfone groups is 1. The van der Waals surface area contributed by atoms with Crippen LogP contribution in [0.15, 0.2) is 59.5 Å². The molecule has 3 aromatic heterocycles. The summed E-state index contributed by atoms with van der Waals surface area (Å²) in [6.07, 6.45) is 4.40. The van der Waals surface area contributed by atoms with E-state index in [-0.39, 0.29) is 23.7 Å². The van der Waals surface area contributed by atoms with Crippen LogP contribution in [0.4, 0.5) is 0 Å². The molecule has 0 radical (unpaired) electrons. The van der Waals surface area contributed by atoms with Gasteiger partial charge in [-0.25, -0.2) is 18.4 Å². The molecule has 3 atom stereocenters. The lowest BCUT2D eigenvalue weighted by atomic mass is 10.1. The molecule has 238 valence electrons. The quantitative estimate of drug-likeness (QED) is 0.253. The molecule has 2 bridgehead atoms. The van der Waals surface area contributed by atoms with Crippen LogP contribution in [0.5, 0.6) is 5.75 Å². The van der Waals surface area contributed by atoms with E-state index in [4.69, 9.17) is 20.4 Å². The van der Waals surface area contributed by atoms with Gasteiger partial charge in [-0.1, -0.05) is 19.1 Å². The van der Waals surface area contributed by atoms with Gasteiger partial charge in [0.25, 0.3) is 5.91 Å². The van der Waals surface area contributed by atoms with E-state index in [0.717, 1.165) is 58.7 Å². The normalized spacial score (nSPS) is 21.1. The maximum absolute atomic E-state index is 13.7. The summed E-state index contributed by atoms with van der Waals surface area (Å²) in [5.74, 6) is 2.38. The topological polar surface area (TPSA) is 125 Å². The van der Waals surface area contributed by atoms with Crippen molar-refractivity contribution < 1.29 is 17.9 Å². The Morgan fingerprint density at radius 1 is 1.02 bits per heavy atom. The van der Waals surface area contributed by atoms with Crippen LogP contribution in [-0.4, -0.2) is 69.8 Å². The summed E-state index contributed by atoms with van der Waals surface area (Å²) >= 11 is 0. The lowest BCUT2D eigenvalue weighted by Crippen LogP contribution is -2.41. The molecule has 11 heteroatoms. The van der Waals surface area contributed by atoms with E-state index in [2.05, 4.69) is 16.7 Å². The first kappa shape index (κ1) is 29.2. The molecule has 3 aliphatic rings. The number of carbonyl (C=O) groups excluding carboxylic acids is 1. The molecular formula is C35H38N6O4S. The van der Waals surface area contributed by atoms with Gasteiger partial charge >= 0.3 is 0 Å². The summed E-state index contributed by atoms with van der Waals surface area (Å²) in [4.78, 5) is 26.2. The highest BCUT2D eigenvalue weighted by Gasteiger charge is 2.47. The fourth-order valence-electron chi connectivity index (χ4n) is 7.48. The van der Waals surface area contributed by atoms with Gasteiger partial charge in [-0.2, -0.15) is 0 Å². The Morgan fingerprint density at radius 3 is 2.46 bits per heavy atom. The van der Waals surface area contributed by atoms with E-state index in [9.17, 15) is 13.2 Å². The van der Waals surface area contributed by atoms with Crippen LogP contribution in [0.25, 0.3) is 44.8 Å². The van der Waals surface area contributed by atoms with Crippen LogP contribution in [-0.2, 0) is 23.4 Å². The number of pyridine rings is 1. The Balaban J connectivity index is 1.21. The highest BCUT2D eigenvalue weighted by Crippen LogP contribution is 2.40. The molecule has 2 aromatic carbocycles. The fourth-order valence-corrected chi connectivity index (χ4v) is 8.37. The second kappa shape index (κ2) is 10.7. The Bertz CT molecular complexity index is 2130. The van der Waals surface area contributed by atoms with Gasteiger partial charge in [0.05, 0.1) is 34.7 Å². The molecule has 1 saturated heterocycles. The van der Waals surface area contributed by atoms with Crippen LogP contribution >= 0.6 is 0 Å². The third kappa shape index (κ3) is 4.62. The van der Waals surface area contributed by atoms with Crippen molar-refractivity contribution in [3.05, 3.63) is 60.2 Å². The number of benzene rings is 2. The van der Waals surface area contributed by atoms with Crippen molar-refractivity contribution in [3.63, 3.8) is 0 Å². The highest BCUT2D eigenvalue weighted by atomic mass is 32.2. The summed E-state index contributed by atoms with van der Waals surface area (Å²) in [5, 5.41) is 1.000. The molecular weight excluding hydrogens is 600 g/mol. The molecule has 0 spiro atoms. The number of hydrogen-bond acceptors (Lipinski definition) is 7. The molecule has 1 aliphatic heterocycles. The molecule has 2 saturated carbocycles. The number of hydrogen-bond donors (Lipinski definition) is 1. The Kier molecular flexibility index (Phi) is 6.77. The van der Waals surface area contributed by atoms with Crippen molar-refractivity contribution in [2.45, 2.75) is 56.1 Å². The third-order valence-corrected chi connectivity index (χ3v) is 12.1. The zero-order valence-corrected chi connectivity index (χ0v) is 27.1. The number of methoxy groups -OCH3 is 1. The zero-order valence-electron chi connectivity index (χ0n) is 26.3. The van der Waals surface area contributed by atoms with Gasteiger partial charge in [-0.05, 0) is 80.0 Å². The highest BCUT2D eigenvalue weighted by molar-refractivity contribution is 7.91. The van der Waals surface area contributed by atoms with Gasteiger partial charge in [0.1, 0.15) is 16.9 Å². The number of aryl methyl sites for hydroxylation is 1. The number of amides is 1. The second-order valence-corrected chi connectivity index (χ2v) is 15.4. The van der Waals surface area contributed by atoms with Crippen LogP contribution in [0.1, 0.15) is 43.0 Å². The van der Waals surface area contributed by atoms with Crippen molar-refractivity contribution in [1.29, 1.82) is 0 Å². The number of nitrogens with zero attached hydrogens (tertiary/aromatic N) is 5. The molecule has 8 rings (SSSR count). The van der Waals surface area contributed by atoms with Crippen molar-refractivity contribution in [1.82, 2.24) is 24.0 Å². The summed E-state index contributed by atoms with van der Waals surface area (Å²) < 4.78 is 34.8. The molecule has 3 fully saturated rings. The predicted molar refractivity (Wildman–Crippen MR) is 177 cm³/mol. The lowest BCUT2D eigenvalue weighted by Gasteiger charge is -2.27. The monoisotopic (exact) mass is 638 g/mol. The number of fused-ring (bicyclic) bond motifs is 4. The first-order valence-corrected chi connectivity index (χ1v) is 17.8. The minimum atomic E-state index is -3.28. The zero-order chi connectivity index (χ0) is 31.9. The molecule has 3 unspecified atom stereocenters. The van der Waals surface area contributed by atoms with Gasteiger partial charge < -0.3 is 24.5 Å². The molecule has 4 heterocycles. The number of nitrogens with two attached hydrogens (primary N) is 1. The average molecular weight is 639 g/mol. The number of piperidine rings is 1. The van der Waals surface area contributed by atoms with Gasteiger partial charge in [-0.3, -0.25) is 4.79 Å². The lowest BCUT2D eigenvalue weighted by molar-refractivity contribution is 0.0700. The minimum absolute atomic E-state index is 0.0186. The van der Waals surface area contributed by atoms with E-state index >= 15 is 0 Å². The smallest absolute Gasteiger partial charge is 0.254 e. The first-order chi connectivity index (χ1) is 22.2. The average Bonchev–Trinajstić information content (AvgIpc) is 3.47. The summed E-state index contributed by atoms with van der Waals surface area (Å²) in [5.41, 5.74) is 12.0. The van der Waals surface area contributed by atoms with Gasteiger partial charge in [0, 0.05) is 48.7 Å². The molecule has 5 aromatic rings. The largest absolute Gasteiger partial charge is 0.494 e. The summed E-state index contributed by atoms with van der Waals surface area (Å²) in [7, 11) is 0.333. The van der Waals surface area contributed by atoms with Crippen LogP contribution in [0.3, 0.4) is 0 Å². The van der Waals surface area contributed by atoms with Crippen molar-refractivity contribution >= 4 is 37.8 Å². The SMILES string of the molecule is CCS(=O)(=O)c1ccc(-c2ccc3cc(-c4nc5cc(C(=O)N6CC7CCC6C7N)cc(OC)c5n4C)n(CC4CC4)c3n2)cc1. The van der Waals surface area contributed by atoms with E-state index in [1.807, 2.05) is 46.8 Å². The van der Waals surface area contributed by atoms with E-state index < -0.39 is 9.84 Å². The number of aromatic nitrogens is 4. The van der Waals surface area contributed by atoms with Crippen LogP contribution in [0, 0.1) is 11.8 Å². The fraction of sp³-hybridized carbons (Fsp3) is 0.400. The number of likely N-dealkylation sites (tertiary alicyclic amines) is 1. The van der Waals surface area contributed by atoms with E-state index in [1.165, 1.54) is 12.8 Å². The van der Waals surface area contributed by atoms with Gasteiger partial charge in [0.15, 0.2) is 15.7 Å².